The van der Waals surface area contributed by atoms with E-state index in [9.17, 15) is 10.1 Å². The standard InChI is InChI=1S/C16H16N2O2.C4H8/c1-2-17-16-6-4-3-5-14(16)10-7-13-8-11-15(12-9-13)18(19)20;1-2-4-3-1/h3-12,17H,2H2,1H3;1-4H2. The predicted octanol–water partition coefficient (Wildman–Crippen LogP) is 5.76. The van der Waals surface area contributed by atoms with Gasteiger partial charge in [-0.25, -0.2) is 0 Å². The highest BCUT2D eigenvalue weighted by molar-refractivity contribution is 5.76. The van der Waals surface area contributed by atoms with Crippen molar-refractivity contribution in [3.05, 3.63) is 69.8 Å². The topological polar surface area (TPSA) is 55.2 Å². The number of rotatable bonds is 5. The summed E-state index contributed by atoms with van der Waals surface area (Å²) in [6.07, 6.45) is 9.94. The van der Waals surface area contributed by atoms with Gasteiger partial charge in [-0.05, 0) is 36.2 Å². The lowest BCUT2D eigenvalue weighted by Crippen LogP contribution is -1.97. The van der Waals surface area contributed by atoms with Gasteiger partial charge in [-0.1, -0.05) is 56.0 Å². The summed E-state index contributed by atoms with van der Waals surface area (Å²) in [4.78, 5) is 10.2. The van der Waals surface area contributed by atoms with Gasteiger partial charge in [-0.2, -0.15) is 0 Å². The molecule has 0 heterocycles. The zero-order chi connectivity index (χ0) is 17.2. The maximum Gasteiger partial charge on any atom is 0.269 e. The SMILES string of the molecule is C1CCC1.CCNc1ccccc1C=Cc1ccc([N+](=O)[O-])cc1. The van der Waals surface area contributed by atoms with Gasteiger partial charge < -0.3 is 5.32 Å². The fourth-order valence-corrected chi connectivity index (χ4v) is 2.14. The molecule has 24 heavy (non-hydrogen) atoms. The molecule has 0 bridgehead atoms. The van der Waals surface area contributed by atoms with Crippen LogP contribution >= 0.6 is 0 Å². The van der Waals surface area contributed by atoms with Crippen LogP contribution in [0.3, 0.4) is 0 Å². The van der Waals surface area contributed by atoms with E-state index in [-0.39, 0.29) is 5.69 Å². The Morgan fingerprint density at radius 1 is 1.00 bits per heavy atom. The molecule has 1 fully saturated rings. The largest absolute Gasteiger partial charge is 0.385 e. The molecule has 0 aromatic heterocycles. The number of hydrogen-bond donors (Lipinski definition) is 1. The van der Waals surface area contributed by atoms with Crippen molar-refractivity contribution < 1.29 is 4.92 Å². The smallest absolute Gasteiger partial charge is 0.269 e. The highest BCUT2D eigenvalue weighted by atomic mass is 16.6. The van der Waals surface area contributed by atoms with Crippen LogP contribution in [-0.2, 0) is 0 Å². The van der Waals surface area contributed by atoms with Gasteiger partial charge in [0.1, 0.15) is 0 Å². The van der Waals surface area contributed by atoms with Crippen LogP contribution in [0.25, 0.3) is 12.2 Å². The minimum absolute atomic E-state index is 0.107. The van der Waals surface area contributed by atoms with Gasteiger partial charge in [0, 0.05) is 24.4 Å². The molecule has 0 saturated heterocycles. The minimum Gasteiger partial charge on any atom is -0.385 e. The average Bonchev–Trinajstić information content (AvgIpc) is 2.53. The first-order valence-electron chi connectivity index (χ1n) is 8.46. The molecule has 0 radical (unpaired) electrons. The van der Waals surface area contributed by atoms with Crippen LogP contribution in [0, 0.1) is 10.1 Å². The van der Waals surface area contributed by atoms with E-state index < -0.39 is 4.92 Å². The van der Waals surface area contributed by atoms with Crippen LogP contribution < -0.4 is 5.32 Å². The van der Waals surface area contributed by atoms with Crippen LogP contribution in [0.5, 0.6) is 0 Å². The molecule has 0 atom stereocenters. The van der Waals surface area contributed by atoms with Crippen molar-refractivity contribution in [1.29, 1.82) is 0 Å². The highest BCUT2D eigenvalue weighted by Gasteiger charge is 2.02. The predicted molar refractivity (Wildman–Crippen MR) is 101 cm³/mol. The van der Waals surface area contributed by atoms with Crippen LogP contribution in [0.2, 0.25) is 0 Å². The summed E-state index contributed by atoms with van der Waals surface area (Å²) in [7, 11) is 0. The first-order chi connectivity index (χ1) is 11.7. The Hall–Kier alpha value is -2.62. The zero-order valence-electron chi connectivity index (χ0n) is 14.1. The lowest BCUT2D eigenvalue weighted by Gasteiger charge is -2.06. The molecule has 0 spiro atoms. The summed E-state index contributed by atoms with van der Waals surface area (Å²) in [6, 6.07) is 14.5. The summed E-state index contributed by atoms with van der Waals surface area (Å²) in [5.41, 5.74) is 3.21. The van der Waals surface area contributed by atoms with Gasteiger partial charge in [0.2, 0.25) is 0 Å². The van der Waals surface area contributed by atoms with Crippen molar-refractivity contribution in [3.8, 4) is 0 Å². The summed E-state index contributed by atoms with van der Waals surface area (Å²) < 4.78 is 0. The molecule has 4 heteroatoms. The van der Waals surface area contributed by atoms with Gasteiger partial charge in [0.15, 0.2) is 0 Å². The summed E-state index contributed by atoms with van der Waals surface area (Å²) in [5, 5.41) is 13.9. The third kappa shape index (κ3) is 5.54. The van der Waals surface area contributed by atoms with Crippen molar-refractivity contribution in [2.24, 2.45) is 0 Å². The quantitative estimate of drug-likeness (QED) is 0.432. The molecular formula is C20H24N2O2. The van der Waals surface area contributed by atoms with Gasteiger partial charge >= 0.3 is 0 Å². The Kier molecular flexibility index (Phi) is 7.02. The highest BCUT2D eigenvalue weighted by Crippen LogP contribution is 2.19. The Morgan fingerprint density at radius 3 is 2.17 bits per heavy atom. The molecule has 1 aliphatic rings. The Balaban J connectivity index is 0.000000454. The molecule has 1 saturated carbocycles. The third-order valence-electron chi connectivity index (χ3n) is 3.89. The molecule has 2 aromatic carbocycles. The van der Waals surface area contributed by atoms with E-state index in [4.69, 9.17) is 0 Å². The Morgan fingerprint density at radius 2 is 1.62 bits per heavy atom. The Bertz CT molecular complexity index is 670. The normalized spacial score (nSPS) is 12.9. The van der Waals surface area contributed by atoms with Crippen LogP contribution in [0.1, 0.15) is 43.7 Å². The van der Waals surface area contributed by atoms with E-state index in [0.29, 0.717) is 0 Å². The second kappa shape index (κ2) is 9.50. The second-order valence-corrected chi connectivity index (χ2v) is 5.71. The van der Waals surface area contributed by atoms with Crippen LogP contribution in [0.15, 0.2) is 48.5 Å². The zero-order valence-corrected chi connectivity index (χ0v) is 14.1. The van der Waals surface area contributed by atoms with Gasteiger partial charge in [-0.3, -0.25) is 10.1 Å². The molecular weight excluding hydrogens is 300 g/mol. The molecule has 3 rings (SSSR count). The number of nitro groups is 1. The maximum absolute atomic E-state index is 10.6. The number of para-hydroxylation sites is 1. The number of nitrogens with one attached hydrogen (secondary N) is 1. The molecule has 4 nitrogen and oxygen atoms in total. The van der Waals surface area contributed by atoms with Crippen molar-refractivity contribution >= 4 is 23.5 Å². The van der Waals surface area contributed by atoms with Gasteiger partial charge in [0.05, 0.1) is 4.92 Å². The second-order valence-electron chi connectivity index (χ2n) is 5.71. The van der Waals surface area contributed by atoms with Gasteiger partial charge in [0.25, 0.3) is 5.69 Å². The molecule has 2 aromatic rings. The fourth-order valence-electron chi connectivity index (χ4n) is 2.14. The van der Waals surface area contributed by atoms with Gasteiger partial charge in [-0.15, -0.1) is 0 Å². The van der Waals surface area contributed by atoms with Crippen molar-refractivity contribution in [3.63, 3.8) is 0 Å². The number of benzene rings is 2. The number of nitrogens with zero attached hydrogens (tertiary/aromatic N) is 1. The molecule has 1 aliphatic carbocycles. The van der Waals surface area contributed by atoms with E-state index in [2.05, 4.69) is 12.2 Å². The minimum atomic E-state index is -0.395. The van der Waals surface area contributed by atoms with Crippen molar-refractivity contribution in [2.75, 3.05) is 11.9 Å². The average molecular weight is 324 g/mol. The van der Waals surface area contributed by atoms with E-state index >= 15 is 0 Å². The number of anilines is 1. The van der Waals surface area contributed by atoms with Crippen molar-refractivity contribution in [1.82, 2.24) is 0 Å². The fraction of sp³-hybridized carbons (Fsp3) is 0.300. The lowest BCUT2D eigenvalue weighted by molar-refractivity contribution is -0.384. The van der Waals surface area contributed by atoms with Crippen LogP contribution in [0.4, 0.5) is 11.4 Å². The molecule has 0 aliphatic heterocycles. The summed E-state index contributed by atoms with van der Waals surface area (Å²) in [5.74, 6) is 0. The summed E-state index contributed by atoms with van der Waals surface area (Å²) in [6.45, 7) is 2.92. The third-order valence-corrected chi connectivity index (χ3v) is 3.89. The molecule has 1 N–H and O–H groups in total. The lowest BCUT2D eigenvalue weighted by atomic mass is 10.0. The Labute approximate surface area is 143 Å². The van der Waals surface area contributed by atoms with E-state index in [1.54, 1.807) is 12.1 Å². The number of nitro benzene ring substituents is 1. The first kappa shape index (κ1) is 17.7. The van der Waals surface area contributed by atoms with E-state index in [1.807, 2.05) is 36.4 Å². The monoisotopic (exact) mass is 324 g/mol. The number of non-ortho nitro benzene ring substituents is 1. The first-order valence-corrected chi connectivity index (χ1v) is 8.46. The number of hydrogen-bond acceptors (Lipinski definition) is 3. The summed E-state index contributed by atoms with van der Waals surface area (Å²) >= 11 is 0. The van der Waals surface area contributed by atoms with E-state index in [1.165, 1.54) is 37.8 Å². The van der Waals surface area contributed by atoms with E-state index in [0.717, 1.165) is 23.4 Å². The maximum atomic E-state index is 10.6. The van der Waals surface area contributed by atoms with Crippen LogP contribution in [-0.4, -0.2) is 11.5 Å². The molecule has 0 unspecified atom stereocenters. The molecule has 0 amide bonds. The molecule has 126 valence electrons. The van der Waals surface area contributed by atoms with Crippen molar-refractivity contribution in [2.45, 2.75) is 32.6 Å².